The van der Waals surface area contributed by atoms with Gasteiger partial charge in [0.25, 0.3) is 5.91 Å². The van der Waals surface area contributed by atoms with Crippen molar-refractivity contribution in [3.63, 3.8) is 0 Å². The quantitative estimate of drug-likeness (QED) is 0.607. The SMILES string of the molecule is COCC[C@H](NC(=O)c1cc(C)c(N)c(C)c1)C(=O)OC. The van der Waals surface area contributed by atoms with E-state index in [1.54, 1.807) is 12.1 Å². The Hall–Kier alpha value is -2.08. The van der Waals surface area contributed by atoms with E-state index in [9.17, 15) is 9.59 Å². The van der Waals surface area contributed by atoms with E-state index < -0.39 is 12.0 Å². The summed E-state index contributed by atoms with van der Waals surface area (Å²) in [7, 11) is 2.81. The minimum absolute atomic E-state index is 0.340. The van der Waals surface area contributed by atoms with Gasteiger partial charge in [0.2, 0.25) is 0 Å². The van der Waals surface area contributed by atoms with Crippen LogP contribution in [-0.4, -0.2) is 38.7 Å². The third-order valence-corrected chi connectivity index (χ3v) is 3.26. The summed E-state index contributed by atoms with van der Waals surface area (Å²) in [6.45, 7) is 4.02. The fourth-order valence-electron chi connectivity index (χ4n) is 1.97. The lowest BCUT2D eigenvalue weighted by molar-refractivity contribution is -0.143. The molecule has 0 unspecified atom stereocenters. The number of benzene rings is 1. The van der Waals surface area contributed by atoms with Crippen LogP contribution in [-0.2, 0) is 14.3 Å². The Balaban J connectivity index is 2.88. The molecule has 0 saturated carbocycles. The number of carbonyl (C=O) groups excluding carboxylic acids is 2. The second kappa shape index (κ2) is 7.64. The Labute approximate surface area is 124 Å². The molecule has 0 aliphatic heterocycles. The first-order valence-corrected chi connectivity index (χ1v) is 6.65. The van der Waals surface area contributed by atoms with Gasteiger partial charge in [0, 0.05) is 31.4 Å². The van der Waals surface area contributed by atoms with E-state index in [1.807, 2.05) is 13.8 Å². The number of ether oxygens (including phenoxy) is 2. The second-order valence-electron chi connectivity index (χ2n) is 4.85. The number of amides is 1. The summed E-state index contributed by atoms with van der Waals surface area (Å²) in [6.07, 6.45) is 0.349. The molecule has 1 aromatic rings. The van der Waals surface area contributed by atoms with Crippen LogP contribution < -0.4 is 11.1 Å². The number of nitrogens with two attached hydrogens (primary N) is 1. The summed E-state index contributed by atoms with van der Waals surface area (Å²) < 4.78 is 9.62. The van der Waals surface area contributed by atoms with Crippen molar-refractivity contribution in [2.45, 2.75) is 26.3 Å². The molecule has 1 rings (SSSR count). The summed E-state index contributed by atoms with van der Waals surface area (Å²) in [5.41, 5.74) is 8.64. The number of rotatable bonds is 6. The summed E-state index contributed by atoms with van der Waals surface area (Å²) >= 11 is 0. The van der Waals surface area contributed by atoms with E-state index >= 15 is 0 Å². The van der Waals surface area contributed by atoms with Gasteiger partial charge in [-0.3, -0.25) is 4.79 Å². The standard InChI is InChI=1S/C15H22N2O4/c1-9-7-11(8-10(2)13(9)16)14(18)17-12(5-6-20-3)15(19)21-4/h7-8,12H,5-6,16H2,1-4H3,(H,17,18)/t12-/m0/s1. The number of methoxy groups -OCH3 is 2. The lowest BCUT2D eigenvalue weighted by Crippen LogP contribution is -2.42. The van der Waals surface area contributed by atoms with Crippen molar-refractivity contribution in [3.05, 3.63) is 28.8 Å². The molecule has 0 spiro atoms. The van der Waals surface area contributed by atoms with Gasteiger partial charge in [0.1, 0.15) is 6.04 Å². The Morgan fingerprint density at radius 3 is 2.29 bits per heavy atom. The maximum Gasteiger partial charge on any atom is 0.328 e. The number of carbonyl (C=O) groups is 2. The predicted octanol–water partition coefficient (Wildman–Crippen LogP) is 1.19. The fourth-order valence-corrected chi connectivity index (χ4v) is 1.97. The van der Waals surface area contributed by atoms with Gasteiger partial charge in [-0.1, -0.05) is 0 Å². The Morgan fingerprint density at radius 2 is 1.81 bits per heavy atom. The smallest absolute Gasteiger partial charge is 0.328 e. The van der Waals surface area contributed by atoms with Gasteiger partial charge in [-0.05, 0) is 37.1 Å². The molecule has 6 heteroatoms. The van der Waals surface area contributed by atoms with Gasteiger partial charge in [0.05, 0.1) is 7.11 Å². The maximum atomic E-state index is 12.3. The molecule has 1 aromatic carbocycles. The first kappa shape index (κ1) is 17.0. The number of hydrogen-bond acceptors (Lipinski definition) is 5. The van der Waals surface area contributed by atoms with Crippen LogP contribution in [0.15, 0.2) is 12.1 Å². The van der Waals surface area contributed by atoms with Crippen LogP contribution in [0.2, 0.25) is 0 Å². The molecule has 0 radical (unpaired) electrons. The van der Waals surface area contributed by atoms with Crippen molar-refractivity contribution in [1.29, 1.82) is 0 Å². The summed E-state index contributed by atoms with van der Waals surface area (Å²) in [6, 6.07) is 2.66. The average molecular weight is 294 g/mol. The fraction of sp³-hybridized carbons (Fsp3) is 0.467. The lowest BCUT2D eigenvalue weighted by Gasteiger charge is -2.17. The van der Waals surface area contributed by atoms with Crippen molar-refractivity contribution in [1.82, 2.24) is 5.32 Å². The molecular formula is C15H22N2O4. The molecule has 116 valence electrons. The monoisotopic (exact) mass is 294 g/mol. The van der Waals surface area contributed by atoms with Gasteiger partial charge in [-0.15, -0.1) is 0 Å². The lowest BCUT2D eigenvalue weighted by atomic mass is 10.0. The van der Waals surface area contributed by atoms with Crippen LogP contribution in [0, 0.1) is 13.8 Å². The van der Waals surface area contributed by atoms with Crippen LogP contribution in [0.4, 0.5) is 5.69 Å². The number of nitrogens with one attached hydrogen (secondary N) is 1. The highest BCUT2D eigenvalue weighted by Gasteiger charge is 2.22. The van der Waals surface area contributed by atoms with E-state index in [2.05, 4.69) is 10.1 Å². The first-order chi connectivity index (χ1) is 9.90. The number of esters is 1. The largest absolute Gasteiger partial charge is 0.467 e. The van der Waals surface area contributed by atoms with Crippen LogP contribution in [0.3, 0.4) is 0 Å². The van der Waals surface area contributed by atoms with Crippen molar-refractivity contribution in [2.75, 3.05) is 26.6 Å². The third-order valence-electron chi connectivity index (χ3n) is 3.26. The summed E-state index contributed by atoms with van der Waals surface area (Å²) in [4.78, 5) is 23.9. The highest BCUT2D eigenvalue weighted by atomic mass is 16.5. The molecule has 0 saturated heterocycles. The van der Waals surface area contributed by atoms with E-state index in [0.717, 1.165) is 11.1 Å². The van der Waals surface area contributed by atoms with Crippen LogP contribution in [0.5, 0.6) is 0 Å². The minimum Gasteiger partial charge on any atom is -0.467 e. The van der Waals surface area contributed by atoms with Crippen molar-refractivity contribution < 1.29 is 19.1 Å². The van der Waals surface area contributed by atoms with E-state index in [4.69, 9.17) is 10.5 Å². The number of aryl methyl sites for hydroxylation is 2. The molecule has 21 heavy (non-hydrogen) atoms. The highest BCUT2D eigenvalue weighted by Crippen LogP contribution is 2.18. The zero-order valence-corrected chi connectivity index (χ0v) is 12.9. The highest BCUT2D eigenvalue weighted by molar-refractivity contribution is 5.97. The van der Waals surface area contributed by atoms with Crippen molar-refractivity contribution in [2.24, 2.45) is 0 Å². The van der Waals surface area contributed by atoms with Crippen molar-refractivity contribution in [3.8, 4) is 0 Å². The summed E-state index contributed by atoms with van der Waals surface area (Å²) in [5.74, 6) is -0.836. The first-order valence-electron chi connectivity index (χ1n) is 6.65. The number of hydrogen-bond donors (Lipinski definition) is 2. The topological polar surface area (TPSA) is 90.6 Å². The number of anilines is 1. The average Bonchev–Trinajstić information content (AvgIpc) is 2.47. The van der Waals surface area contributed by atoms with E-state index in [-0.39, 0.29) is 5.91 Å². The molecule has 0 fully saturated rings. The second-order valence-corrected chi connectivity index (χ2v) is 4.85. The number of nitrogen functional groups attached to an aromatic ring is 1. The molecule has 0 aliphatic carbocycles. The molecule has 1 atom stereocenters. The zero-order chi connectivity index (χ0) is 16.0. The Kier molecular flexibility index (Phi) is 6.17. The molecule has 0 aromatic heterocycles. The van der Waals surface area contributed by atoms with Gasteiger partial charge in [-0.2, -0.15) is 0 Å². The molecule has 6 nitrogen and oxygen atoms in total. The van der Waals surface area contributed by atoms with Gasteiger partial charge >= 0.3 is 5.97 Å². The zero-order valence-electron chi connectivity index (χ0n) is 12.9. The maximum absolute atomic E-state index is 12.3. The molecular weight excluding hydrogens is 272 g/mol. The predicted molar refractivity (Wildman–Crippen MR) is 80.1 cm³/mol. The van der Waals surface area contributed by atoms with Gasteiger partial charge in [-0.25, -0.2) is 4.79 Å². The van der Waals surface area contributed by atoms with Crippen LogP contribution >= 0.6 is 0 Å². The molecule has 0 aliphatic rings. The van der Waals surface area contributed by atoms with Gasteiger partial charge in [0.15, 0.2) is 0 Å². The Morgan fingerprint density at radius 1 is 1.24 bits per heavy atom. The summed E-state index contributed by atoms with van der Waals surface area (Å²) in [5, 5.41) is 2.66. The van der Waals surface area contributed by atoms with Crippen LogP contribution in [0.1, 0.15) is 27.9 Å². The molecule has 0 heterocycles. The molecule has 0 bridgehead atoms. The van der Waals surface area contributed by atoms with E-state index in [1.165, 1.54) is 14.2 Å². The van der Waals surface area contributed by atoms with Crippen LogP contribution in [0.25, 0.3) is 0 Å². The normalized spacial score (nSPS) is 11.8. The van der Waals surface area contributed by atoms with Gasteiger partial charge < -0.3 is 20.5 Å². The minimum atomic E-state index is -0.736. The molecule has 1 amide bonds. The van der Waals surface area contributed by atoms with Crippen molar-refractivity contribution >= 4 is 17.6 Å². The molecule has 3 N–H and O–H groups in total. The Bertz CT molecular complexity index is 505. The van der Waals surface area contributed by atoms with E-state index in [0.29, 0.717) is 24.3 Å². The third kappa shape index (κ3) is 4.46.